The SMILES string of the molecule is CCNC(=NCc1ncc(C(C)(C)C)o1)NCC1(O)CCC1SCC. The topological polar surface area (TPSA) is 82.7 Å². The molecule has 1 aromatic heterocycles. The Bertz CT molecular complexity index is 582. The second kappa shape index (κ2) is 8.45. The second-order valence-electron chi connectivity index (χ2n) is 7.50. The molecule has 0 amide bonds. The van der Waals surface area contributed by atoms with Crippen molar-refractivity contribution in [2.75, 3.05) is 18.8 Å². The molecule has 1 heterocycles. The lowest BCUT2D eigenvalue weighted by Crippen LogP contribution is -2.58. The summed E-state index contributed by atoms with van der Waals surface area (Å²) < 4.78 is 5.78. The van der Waals surface area contributed by atoms with Crippen LogP contribution >= 0.6 is 11.8 Å². The largest absolute Gasteiger partial charge is 0.443 e. The Balaban J connectivity index is 1.93. The Hall–Kier alpha value is -1.21. The van der Waals surface area contributed by atoms with Gasteiger partial charge in [-0.25, -0.2) is 9.98 Å². The average molecular weight is 369 g/mol. The number of nitrogens with one attached hydrogen (secondary N) is 2. The van der Waals surface area contributed by atoms with Crippen molar-refractivity contribution in [2.45, 2.75) is 70.3 Å². The summed E-state index contributed by atoms with van der Waals surface area (Å²) in [5, 5.41) is 17.5. The lowest BCUT2D eigenvalue weighted by molar-refractivity contribution is -0.0198. The van der Waals surface area contributed by atoms with E-state index in [1.165, 1.54) is 0 Å². The molecule has 2 atom stereocenters. The van der Waals surface area contributed by atoms with Crippen LogP contribution < -0.4 is 10.6 Å². The van der Waals surface area contributed by atoms with Crippen molar-refractivity contribution in [3.8, 4) is 0 Å². The minimum Gasteiger partial charge on any atom is -0.443 e. The summed E-state index contributed by atoms with van der Waals surface area (Å²) in [4.78, 5) is 8.84. The molecule has 1 aliphatic carbocycles. The molecule has 1 saturated carbocycles. The number of thioether (sulfide) groups is 1. The van der Waals surface area contributed by atoms with E-state index < -0.39 is 5.60 Å². The number of oxazole rings is 1. The lowest BCUT2D eigenvalue weighted by atomic mass is 9.79. The molecule has 1 aromatic rings. The van der Waals surface area contributed by atoms with E-state index >= 15 is 0 Å². The van der Waals surface area contributed by atoms with Crippen molar-refractivity contribution in [3.05, 3.63) is 17.8 Å². The normalized spacial score (nSPS) is 24.1. The molecule has 25 heavy (non-hydrogen) atoms. The van der Waals surface area contributed by atoms with Gasteiger partial charge in [-0.3, -0.25) is 0 Å². The van der Waals surface area contributed by atoms with E-state index in [1.54, 1.807) is 6.20 Å². The summed E-state index contributed by atoms with van der Waals surface area (Å²) in [5.74, 6) is 3.17. The summed E-state index contributed by atoms with van der Waals surface area (Å²) in [6.07, 6.45) is 3.69. The quantitative estimate of drug-likeness (QED) is 0.507. The summed E-state index contributed by atoms with van der Waals surface area (Å²) in [7, 11) is 0. The first-order chi connectivity index (χ1) is 11.8. The van der Waals surface area contributed by atoms with Crippen molar-refractivity contribution >= 4 is 17.7 Å². The fraction of sp³-hybridized carbons (Fsp3) is 0.778. The maximum Gasteiger partial charge on any atom is 0.216 e. The molecule has 2 rings (SSSR count). The van der Waals surface area contributed by atoms with Gasteiger partial charge in [-0.2, -0.15) is 11.8 Å². The van der Waals surface area contributed by atoms with Crippen molar-refractivity contribution in [3.63, 3.8) is 0 Å². The smallest absolute Gasteiger partial charge is 0.216 e. The summed E-state index contributed by atoms with van der Waals surface area (Å²) in [6, 6.07) is 0. The second-order valence-corrected chi connectivity index (χ2v) is 8.98. The minimum absolute atomic E-state index is 0.0584. The van der Waals surface area contributed by atoms with Crippen LogP contribution in [0.3, 0.4) is 0 Å². The van der Waals surface area contributed by atoms with Crippen LogP contribution in [0, 0.1) is 0 Å². The summed E-state index contributed by atoms with van der Waals surface area (Å²) in [6.45, 7) is 12.1. The van der Waals surface area contributed by atoms with Crippen LogP contribution in [0.25, 0.3) is 0 Å². The van der Waals surface area contributed by atoms with E-state index in [4.69, 9.17) is 4.42 Å². The van der Waals surface area contributed by atoms with Gasteiger partial charge < -0.3 is 20.2 Å². The Morgan fingerprint density at radius 1 is 1.44 bits per heavy atom. The van der Waals surface area contributed by atoms with Gasteiger partial charge in [0.2, 0.25) is 5.89 Å². The van der Waals surface area contributed by atoms with Crippen molar-refractivity contribution < 1.29 is 9.52 Å². The first-order valence-corrected chi connectivity index (χ1v) is 10.1. The number of hydrogen-bond acceptors (Lipinski definition) is 5. The predicted octanol–water partition coefficient (Wildman–Crippen LogP) is 2.67. The Kier molecular flexibility index (Phi) is 6.79. The Morgan fingerprint density at radius 3 is 2.72 bits per heavy atom. The van der Waals surface area contributed by atoms with Crippen LogP contribution in [0.1, 0.15) is 59.1 Å². The van der Waals surface area contributed by atoms with Gasteiger partial charge in [0.15, 0.2) is 5.96 Å². The van der Waals surface area contributed by atoms with Gasteiger partial charge >= 0.3 is 0 Å². The summed E-state index contributed by atoms with van der Waals surface area (Å²) >= 11 is 1.83. The third-order valence-corrected chi connectivity index (χ3v) is 5.79. The van der Waals surface area contributed by atoms with E-state index in [1.807, 2.05) is 18.7 Å². The molecule has 1 fully saturated rings. The van der Waals surface area contributed by atoms with Gasteiger partial charge in [-0.15, -0.1) is 0 Å². The number of rotatable bonds is 7. The fourth-order valence-corrected chi connectivity index (χ4v) is 3.89. The number of aliphatic hydroxyl groups is 1. The van der Waals surface area contributed by atoms with E-state index in [0.29, 0.717) is 30.2 Å². The molecule has 3 N–H and O–H groups in total. The third kappa shape index (κ3) is 5.38. The van der Waals surface area contributed by atoms with Crippen LogP contribution in [-0.4, -0.2) is 45.7 Å². The van der Waals surface area contributed by atoms with Gasteiger partial charge in [0.25, 0.3) is 0 Å². The number of guanidine groups is 1. The first-order valence-electron chi connectivity index (χ1n) is 9.10. The van der Waals surface area contributed by atoms with Crippen LogP contribution in [0.2, 0.25) is 0 Å². The third-order valence-electron chi connectivity index (χ3n) is 4.38. The molecule has 0 aliphatic heterocycles. The number of nitrogens with zero attached hydrogens (tertiary/aromatic N) is 2. The highest BCUT2D eigenvalue weighted by Gasteiger charge is 2.45. The number of hydrogen-bond donors (Lipinski definition) is 3. The van der Waals surface area contributed by atoms with Crippen molar-refractivity contribution in [2.24, 2.45) is 4.99 Å². The fourth-order valence-electron chi connectivity index (χ4n) is 2.69. The van der Waals surface area contributed by atoms with Crippen LogP contribution in [-0.2, 0) is 12.0 Å². The minimum atomic E-state index is -0.640. The van der Waals surface area contributed by atoms with Gasteiger partial charge in [0.1, 0.15) is 12.3 Å². The molecule has 7 heteroatoms. The highest BCUT2D eigenvalue weighted by Crippen LogP contribution is 2.40. The van der Waals surface area contributed by atoms with Gasteiger partial charge in [-0.1, -0.05) is 27.7 Å². The zero-order chi connectivity index (χ0) is 18.5. The molecule has 0 bridgehead atoms. The molecule has 0 radical (unpaired) electrons. The van der Waals surface area contributed by atoms with Crippen LogP contribution in [0.5, 0.6) is 0 Å². The van der Waals surface area contributed by atoms with Crippen molar-refractivity contribution in [1.29, 1.82) is 0 Å². The molecule has 1 aliphatic rings. The maximum atomic E-state index is 10.7. The Labute approximate surface area is 155 Å². The molecule has 0 saturated heterocycles. The van der Waals surface area contributed by atoms with E-state index in [0.717, 1.165) is 30.9 Å². The van der Waals surface area contributed by atoms with Gasteiger partial charge in [0, 0.05) is 23.8 Å². The number of aliphatic imine (C=N–C) groups is 1. The van der Waals surface area contributed by atoms with Crippen LogP contribution in [0.15, 0.2) is 15.6 Å². The average Bonchev–Trinajstić information content (AvgIpc) is 3.03. The van der Waals surface area contributed by atoms with Gasteiger partial charge in [0.05, 0.1) is 11.8 Å². The predicted molar refractivity (Wildman–Crippen MR) is 104 cm³/mol. The number of aromatic nitrogens is 1. The summed E-state index contributed by atoms with van der Waals surface area (Å²) in [5.41, 5.74) is -0.698. The maximum absolute atomic E-state index is 10.7. The highest BCUT2D eigenvalue weighted by atomic mass is 32.2. The molecular weight excluding hydrogens is 336 g/mol. The molecule has 142 valence electrons. The van der Waals surface area contributed by atoms with E-state index in [2.05, 4.69) is 48.3 Å². The first kappa shape index (κ1) is 20.1. The monoisotopic (exact) mass is 368 g/mol. The van der Waals surface area contributed by atoms with Crippen molar-refractivity contribution in [1.82, 2.24) is 15.6 Å². The lowest BCUT2D eigenvalue weighted by Gasteiger charge is -2.45. The van der Waals surface area contributed by atoms with Gasteiger partial charge in [-0.05, 0) is 25.5 Å². The molecule has 0 aromatic carbocycles. The standard InChI is InChI=1S/C18H32N4O2S/c1-6-19-16(22-12-18(23)9-8-14(18)25-7-2)21-11-15-20-10-13(24-15)17(3,4)5/h10,14,23H,6-9,11-12H2,1-5H3,(H2,19,21,22). The highest BCUT2D eigenvalue weighted by molar-refractivity contribution is 8.00. The molecule has 0 spiro atoms. The molecule has 2 unspecified atom stereocenters. The van der Waals surface area contributed by atoms with Crippen LogP contribution in [0.4, 0.5) is 0 Å². The Morgan fingerprint density at radius 2 is 2.20 bits per heavy atom. The molecule has 6 nitrogen and oxygen atoms in total. The molecular formula is C18H32N4O2S. The zero-order valence-corrected chi connectivity index (χ0v) is 16.9. The van der Waals surface area contributed by atoms with E-state index in [-0.39, 0.29) is 5.41 Å². The van der Waals surface area contributed by atoms with E-state index in [9.17, 15) is 5.11 Å². The zero-order valence-electron chi connectivity index (χ0n) is 16.1.